The molecule has 1 atom stereocenters. The fourth-order valence-electron chi connectivity index (χ4n) is 1.81. The molecule has 18 heavy (non-hydrogen) atoms. The molecule has 0 aliphatic rings. The topological polar surface area (TPSA) is 20.2 Å². The number of aliphatic hydroxyl groups excluding tert-OH is 1. The highest BCUT2D eigenvalue weighted by Crippen LogP contribution is 2.18. The zero-order valence-corrected chi connectivity index (χ0v) is 11.7. The lowest BCUT2D eigenvalue weighted by molar-refractivity contribution is 0.181. The van der Waals surface area contributed by atoms with Crippen LogP contribution in [0.5, 0.6) is 0 Å². The molecule has 0 bridgehead atoms. The molecule has 1 nitrogen and oxygen atoms in total. The van der Waals surface area contributed by atoms with Gasteiger partial charge in [0.2, 0.25) is 0 Å². The first-order chi connectivity index (χ1) is 8.59. The minimum atomic E-state index is -0.385. The first kappa shape index (κ1) is 14.7. The maximum atomic E-state index is 10.0. The molecule has 0 aliphatic carbocycles. The standard InChI is InChI=1S/C17H24O/c1-14(2)8-7-9-15(3)12-13-17(18)16-10-5-4-6-11-16/h4-6,8,10-12,17-18H,7,9,13H2,1-3H3/b15-12-. The molecule has 1 heteroatoms. The van der Waals surface area contributed by atoms with Crippen molar-refractivity contribution in [3.63, 3.8) is 0 Å². The molecular weight excluding hydrogens is 220 g/mol. The van der Waals surface area contributed by atoms with Gasteiger partial charge in [0, 0.05) is 0 Å². The SMILES string of the molecule is CC(C)=CCC/C(C)=C\CC(O)c1ccccc1. The zero-order valence-electron chi connectivity index (χ0n) is 11.7. The normalized spacial score (nSPS) is 13.2. The predicted molar refractivity (Wildman–Crippen MR) is 78.4 cm³/mol. The largest absolute Gasteiger partial charge is 0.388 e. The highest BCUT2D eigenvalue weighted by molar-refractivity contribution is 5.18. The highest BCUT2D eigenvalue weighted by Gasteiger charge is 2.04. The first-order valence-electron chi connectivity index (χ1n) is 6.61. The van der Waals surface area contributed by atoms with Crippen LogP contribution in [0.15, 0.2) is 53.6 Å². The molecule has 0 aromatic heterocycles. The van der Waals surface area contributed by atoms with E-state index in [9.17, 15) is 5.11 Å². The molecule has 1 rings (SSSR count). The molecule has 0 saturated carbocycles. The lowest BCUT2D eigenvalue weighted by atomic mass is 10.0. The molecule has 0 heterocycles. The second-order valence-electron chi connectivity index (χ2n) is 5.03. The van der Waals surface area contributed by atoms with Crippen molar-refractivity contribution in [3.05, 3.63) is 59.2 Å². The Morgan fingerprint density at radius 1 is 1.11 bits per heavy atom. The Morgan fingerprint density at radius 3 is 2.39 bits per heavy atom. The van der Waals surface area contributed by atoms with Gasteiger partial charge < -0.3 is 5.11 Å². The van der Waals surface area contributed by atoms with E-state index < -0.39 is 0 Å². The van der Waals surface area contributed by atoms with Crippen LogP contribution in [0.1, 0.15) is 51.7 Å². The lowest BCUT2D eigenvalue weighted by Gasteiger charge is -2.08. The van der Waals surface area contributed by atoms with Crippen LogP contribution in [0.4, 0.5) is 0 Å². The number of hydrogen-bond acceptors (Lipinski definition) is 1. The van der Waals surface area contributed by atoms with Gasteiger partial charge in [0.05, 0.1) is 6.10 Å². The molecule has 1 unspecified atom stereocenters. The molecule has 98 valence electrons. The molecule has 1 N–H and O–H groups in total. The Hall–Kier alpha value is -1.34. The van der Waals surface area contributed by atoms with Crippen molar-refractivity contribution >= 4 is 0 Å². The third kappa shape index (κ3) is 5.83. The first-order valence-corrected chi connectivity index (χ1v) is 6.61. The molecule has 0 amide bonds. The zero-order chi connectivity index (χ0) is 13.4. The van der Waals surface area contributed by atoms with Crippen molar-refractivity contribution in [2.24, 2.45) is 0 Å². The number of rotatable bonds is 6. The minimum absolute atomic E-state index is 0.385. The lowest BCUT2D eigenvalue weighted by Crippen LogP contribution is -1.95. The van der Waals surface area contributed by atoms with Crippen LogP contribution in [0.25, 0.3) is 0 Å². The number of hydrogen-bond donors (Lipinski definition) is 1. The van der Waals surface area contributed by atoms with Crippen LogP contribution in [-0.4, -0.2) is 5.11 Å². The Labute approximate surface area is 111 Å². The fourth-order valence-corrected chi connectivity index (χ4v) is 1.81. The van der Waals surface area contributed by atoms with E-state index in [0.717, 1.165) is 18.4 Å². The molecule has 1 aromatic rings. The van der Waals surface area contributed by atoms with Gasteiger partial charge in [-0.05, 0) is 45.6 Å². The third-order valence-electron chi connectivity index (χ3n) is 2.97. The molecule has 0 aliphatic heterocycles. The molecule has 1 aromatic carbocycles. The summed E-state index contributed by atoms with van der Waals surface area (Å²) in [5, 5.41) is 10.0. The summed E-state index contributed by atoms with van der Waals surface area (Å²) in [6.45, 7) is 6.38. The molecule has 0 radical (unpaired) electrons. The van der Waals surface area contributed by atoms with E-state index in [1.807, 2.05) is 30.3 Å². The highest BCUT2D eigenvalue weighted by atomic mass is 16.3. The molecule has 0 saturated heterocycles. The summed E-state index contributed by atoms with van der Waals surface area (Å²) >= 11 is 0. The van der Waals surface area contributed by atoms with Crippen LogP contribution in [-0.2, 0) is 0 Å². The van der Waals surface area contributed by atoms with Crippen LogP contribution >= 0.6 is 0 Å². The van der Waals surface area contributed by atoms with Crippen molar-refractivity contribution < 1.29 is 5.11 Å². The van der Waals surface area contributed by atoms with Crippen molar-refractivity contribution in [3.8, 4) is 0 Å². The van der Waals surface area contributed by atoms with Crippen LogP contribution in [0, 0.1) is 0 Å². The Bertz CT molecular complexity index is 397. The van der Waals surface area contributed by atoms with Gasteiger partial charge in [-0.3, -0.25) is 0 Å². The predicted octanol–water partition coefficient (Wildman–Crippen LogP) is 4.80. The summed E-state index contributed by atoms with van der Waals surface area (Å²) < 4.78 is 0. The van der Waals surface area contributed by atoms with Crippen molar-refractivity contribution in [1.82, 2.24) is 0 Å². The molecule has 0 spiro atoms. The Balaban J connectivity index is 2.41. The van der Waals surface area contributed by atoms with Gasteiger partial charge in [-0.25, -0.2) is 0 Å². The number of allylic oxidation sites excluding steroid dienone is 3. The summed E-state index contributed by atoms with van der Waals surface area (Å²) in [6, 6.07) is 9.83. The maximum Gasteiger partial charge on any atom is 0.0824 e. The summed E-state index contributed by atoms with van der Waals surface area (Å²) in [5.74, 6) is 0. The second kappa shape index (κ2) is 7.88. The summed E-state index contributed by atoms with van der Waals surface area (Å²) in [5.41, 5.74) is 3.71. The van der Waals surface area contributed by atoms with Gasteiger partial charge >= 0.3 is 0 Å². The number of benzene rings is 1. The van der Waals surface area contributed by atoms with Gasteiger partial charge in [0.1, 0.15) is 0 Å². The average molecular weight is 244 g/mol. The smallest absolute Gasteiger partial charge is 0.0824 e. The van der Waals surface area contributed by atoms with Crippen LogP contribution in [0.3, 0.4) is 0 Å². The van der Waals surface area contributed by atoms with Crippen molar-refractivity contribution in [1.29, 1.82) is 0 Å². The van der Waals surface area contributed by atoms with E-state index in [0.29, 0.717) is 6.42 Å². The van der Waals surface area contributed by atoms with Gasteiger partial charge in [-0.15, -0.1) is 0 Å². The minimum Gasteiger partial charge on any atom is -0.388 e. The van der Waals surface area contributed by atoms with Crippen molar-refractivity contribution in [2.75, 3.05) is 0 Å². The van der Waals surface area contributed by atoms with Crippen molar-refractivity contribution in [2.45, 2.75) is 46.1 Å². The second-order valence-corrected chi connectivity index (χ2v) is 5.03. The number of aliphatic hydroxyl groups is 1. The third-order valence-corrected chi connectivity index (χ3v) is 2.97. The van der Waals surface area contributed by atoms with Gasteiger partial charge in [-0.2, -0.15) is 0 Å². The average Bonchev–Trinajstić information content (AvgIpc) is 2.36. The van der Waals surface area contributed by atoms with E-state index in [4.69, 9.17) is 0 Å². The summed E-state index contributed by atoms with van der Waals surface area (Å²) in [6.07, 6.45) is 6.88. The van der Waals surface area contributed by atoms with E-state index >= 15 is 0 Å². The quantitative estimate of drug-likeness (QED) is 0.712. The maximum absolute atomic E-state index is 10.0. The van der Waals surface area contributed by atoms with Gasteiger partial charge in [0.25, 0.3) is 0 Å². The monoisotopic (exact) mass is 244 g/mol. The van der Waals surface area contributed by atoms with E-state index in [1.54, 1.807) is 0 Å². The van der Waals surface area contributed by atoms with E-state index in [-0.39, 0.29) is 6.10 Å². The van der Waals surface area contributed by atoms with E-state index in [1.165, 1.54) is 11.1 Å². The Kier molecular flexibility index (Phi) is 6.45. The van der Waals surface area contributed by atoms with Gasteiger partial charge in [-0.1, -0.05) is 53.6 Å². The van der Waals surface area contributed by atoms with E-state index in [2.05, 4.69) is 32.9 Å². The van der Waals surface area contributed by atoms with Gasteiger partial charge in [0.15, 0.2) is 0 Å². The fraction of sp³-hybridized carbons (Fsp3) is 0.412. The van der Waals surface area contributed by atoms with Crippen LogP contribution < -0.4 is 0 Å². The summed E-state index contributed by atoms with van der Waals surface area (Å²) in [7, 11) is 0. The molecule has 0 fully saturated rings. The summed E-state index contributed by atoms with van der Waals surface area (Å²) in [4.78, 5) is 0. The van der Waals surface area contributed by atoms with Crippen LogP contribution in [0.2, 0.25) is 0 Å². The Morgan fingerprint density at radius 2 is 1.78 bits per heavy atom. The molecular formula is C17H24O.